The van der Waals surface area contributed by atoms with Gasteiger partial charge in [-0.15, -0.1) is 5.92 Å². The van der Waals surface area contributed by atoms with Gasteiger partial charge in [-0.05, 0) is 12.8 Å². The summed E-state index contributed by atoms with van der Waals surface area (Å²) in [6.45, 7) is 4.19. The normalized spacial score (nSPS) is 18.9. The predicted octanol–water partition coefficient (Wildman–Crippen LogP) is 3.54. The van der Waals surface area contributed by atoms with Gasteiger partial charge in [-0.1, -0.05) is 47.6 Å². The van der Waals surface area contributed by atoms with Crippen molar-refractivity contribution < 1.29 is 30.5 Å². The molecule has 0 aromatic heterocycles. The van der Waals surface area contributed by atoms with Crippen LogP contribution in [0.2, 0.25) is 0 Å². The number of hydrogen-bond donors (Lipinski definition) is 0. The standard InChI is InChI=1S/C12H13.Zr.3H/c1-10(11-6-2-3-7-11)12-8-4-5-9-12;;;;/h2-6,8,10H,1,7,9H2;;;;/q-1;+4;3*-1. The largest absolute Gasteiger partial charge is 4.00 e. The molecule has 0 spiro atoms. The van der Waals surface area contributed by atoms with E-state index in [-0.39, 0.29) is 30.5 Å². The number of allylic oxidation sites excluding steroid dienone is 8. The van der Waals surface area contributed by atoms with Crippen LogP contribution in [0.25, 0.3) is 0 Å². The van der Waals surface area contributed by atoms with Gasteiger partial charge in [0.25, 0.3) is 0 Å². The summed E-state index contributed by atoms with van der Waals surface area (Å²) < 4.78 is 0. The van der Waals surface area contributed by atoms with Crippen molar-refractivity contribution in [2.45, 2.75) is 12.8 Å². The van der Waals surface area contributed by atoms with Crippen molar-refractivity contribution in [3.05, 3.63) is 54.5 Å². The molecule has 0 N–H and O–H groups in total. The fourth-order valence-electron chi connectivity index (χ4n) is 1.68. The van der Waals surface area contributed by atoms with E-state index in [1.54, 1.807) is 0 Å². The molecule has 2 aliphatic rings. The third-order valence-electron chi connectivity index (χ3n) is 2.50. The van der Waals surface area contributed by atoms with E-state index in [0.717, 1.165) is 12.8 Å². The zero-order valence-corrected chi connectivity index (χ0v) is 10.1. The molecule has 0 fully saturated rings. The van der Waals surface area contributed by atoms with E-state index >= 15 is 0 Å². The van der Waals surface area contributed by atoms with Crippen LogP contribution in [0, 0.1) is 12.8 Å². The minimum atomic E-state index is 0. The van der Waals surface area contributed by atoms with E-state index in [9.17, 15) is 0 Å². The van der Waals surface area contributed by atoms with Gasteiger partial charge in [0.15, 0.2) is 0 Å². The Balaban J connectivity index is -0.000000422. The molecule has 0 saturated carbocycles. The first-order valence-corrected chi connectivity index (χ1v) is 4.42. The molecular weight excluding hydrogens is 235 g/mol. The predicted molar refractivity (Wildman–Crippen MR) is 55.9 cm³/mol. The third-order valence-corrected chi connectivity index (χ3v) is 2.50. The topological polar surface area (TPSA) is 0 Å². The molecule has 0 unspecified atom stereocenters. The molecule has 13 heavy (non-hydrogen) atoms. The first kappa shape index (κ1) is 10.9. The van der Waals surface area contributed by atoms with E-state index in [1.165, 1.54) is 11.1 Å². The molecule has 0 radical (unpaired) electrons. The van der Waals surface area contributed by atoms with Crippen molar-refractivity contribution in [3.8, 4) is 0 Å². The van der Waals surface area contributed by atoms with E-state index in [4.69, 9.17) is 0 Å². The van der Waals surface area contributed by atoms with Crippen LogP contribution in [0.1, 0.15) is 17.1 Å². The van der Waals surface area contributed by atoms with Crippen LogP contribution in [0.3, 0.4) is 0 Å². The Morgan fingerprint density at radius 1 is 1.08 bits per heavy atom. The van der Waals surface area contributed by atoms with Gasteiger partial charge in [0, 0.05) is 0 Å². The zero-order chi connectivity index (χ0) is 8.39. The van der Waals surface area contributed by atoms with Gasteiger partial charge in [0.2, 0.25) is 0 Å². The van der Waals surface area contributed by atoms with Gasteiger partial charge in [-0.25, -0.2) is 0 Å². The minimum absolute atomic E-state index is 0. The first-order chi connectivity index (χ1) is 5.88. The first-order valence-electron chi connectivity index (χ1n) is 4.42. The molecular formula is C12H16Zr. The maximum absolute atomic E-state index is 4.19. The second-order valence-electron chi connectivity index (χ2n) is 3.30. The molecule has 1 heteroatoms. The molecule has 0 bridgehead atoms. The number of hydrogen-bond acceptors (Lipinski definition) is 0. The fourth-order valence-corrected chi connectivity index (χ4v) is 1.68. The summed E-state index contributed by atoms with van der Waals surface area (Å²) >= 11 is 0. The molecule has 68 valence electrons. The van der Waals surface area contributed by atoms with Crippen molar-refractivity contribution in [3.63, 3.8) is 0 Å². The Morgan fingerprint density at radius 2 is 1.54 bits per heavy atom. The van der Waals surface area contributed by atoms with Crippen LogP contribution in [0.15, 0.2) is 47.6 Å². The summed E-state index contributed by atoms with van der Waals surface area (Å²) in [6, 6.07) is 0. The van der Waals surface area contributed by atoms with Crippen molar-refractivity contribution in [1.82, 2.24) is 0 Å². The Kier molecular flexibility index (Phi) is 4.12. The summed E-state index contributed by atoms with van der Waals surface area (Å²) in [5, 5.41) is 0. The molecule has 0 heterocycles. The molecule has 2 aliphatic carbocycles. The Hall–Kier alpha value is -0.157. The monoisotopic (exact) mass is 250 g/mol. The van der Waals surface area contributed by atoms with Gasteiger partial charge in [-0.2, -0.15) is 0 Å². The third kappa shape index (κ3) is 2.40. The van der Waals surface area contributed by atoms with Crippen LogP contribution in [-0.2, 0) is 26.2 Å². The summed E-state index contributed by atoms with van der Waals surface area (Å²) in [7, 11) is 0. The Bertz CT molecular complexity index is 273. The molecule has 0 amide bonds. The zero-order valence-electron chi connectivity index (χ0n) is 10.7. The van der Waals surface area contributed by atoms with Crippen molar-refractivity contribution in [2.24, 2.45) is 5.92 Å². The average molecular weight is 251 g/mol. The number of rotatable bonds is 2. The quantitative estimate of drug-likeness (QED) is 0.659. The molecule has 0 nitrogen and oxygen atoms in total. The van der Waals surface area contributed by atoms with E-state index in [1.807, 2.05) is 0 Å². The van der Waals surface area contributed by atoms with Crippen LogP contribution < -0.4 is 0 Å². The van der Waals surface area contributed by atoms with Crippen LogP contribution >= 0.6 is 0 Å². The second kappa shape index (κ2) is 4.91. The van der Waals surface area contributed by atoms with Crippen LogP contribution in [0.5, 0.6) is 0 Å². The molecule has 0 saturated heterocycles. The summed E-state index contributed by atoms with van der Waals surface area (Å²) in [5.74, 6) is 0.398. The van der Waals surface area contributed by atoms with Gasteiger partial charge >= 0.3 is 26.2 Å². The fraction of sp³-hybridized carbons (Fsp3) is 0.250. The van der Waals surface area contributed by atoms with Crippen molar-refractivity contribution >= 4 is 0 Å². The van der Waals surface area contributed by atoms with E-state index in [2.05, 4.69) is 43.4 Å². The van der Waals surface area contributed by atoms with Crippen LogP contribution in [0.4, 0.5) is 0 Å². The molecule has 0 aromatic carbocycles. The smallest absolute Gasteiger partial charge is 1.00 e. The molecule has 0 aromatic rings. The summed E-state index contributed by atoms with van der Waals surface area (Å²) in [4.78, 5) is 0. The van der Waals surface area contributed by atoms with Crippen molar-refractivity contribution in [1.29, 1.82) is 0 Å². The van der Waals surface area contributed by atoms with Gasteiger partial charge in [0.1, 0.15) is 0 Å². The van der Waals surface area contributed by atoms with E-state index < -0.39 is 0 Å². The Labute approximate surface area is 104 Å². The minimum Gasteiger partial charge on any atom is -1.00 e. The van der Waals surface area contributed by atoms with E-state index in [0.29, 0.717) is 5.92 Å². The molecule has 2 rings (SSSR count). The summed E-state index contributed by atoms with van der Waals surface area (Å²) in [6.07, 6.45) is 15.2. The molecule has 0 aliphatic heterocycles. The maximum Gasteiger partial charge on any atom is 4.00 e. The average Bonchev–Trinajstić information content (AvgIpc) is 2.77. The Morgan fingerprint density at radius 3 is 1.85 bits per heavy atom. The summed E-state index contributed by atoms with van der Waals surface area (Å²) in [5.41, 5.74) is 2.90. The van der Waals surface area contributed by atoms with Gasteiger partial charge in [-0.3, -0.25) is 0 Å². The van der Waals surface area contributed by atoms with Gasteiger partial charge in [0.05, 0.1) is 0 Å². The van der Waals surface area contributed by atoms with Crippen LogP contribution in [-0.4, -0.2) is 0 Å². The van der Waals surface area contributed by atoms with Crippen molar-refractivity contribution in [2.75, 3.05) is 0 Å². The molecule has 0 atom stereocenters. The van der Waals surface area contributed by atoms with Gasteiger partial charge < -0.3 is 11.2 Å². The second-order valence-corrected chi connectivity index (χ2v) is 3.30. The SMILES string of the molecule is [CH2-]C(C1=CC=CC1)C1=CC=CC1.[H-].[H-].[H-].[Zr+4]. The maximum atomic E-state index is 4.19.